The maximum atomic E-state index is 6.35. The average molecular weight is 267 g/mol. The molecular weight excluding hydrogens is 244 g/mol. The van der Waals surface area contributed by atoms with Crippen LogP contribution in [0.5, 0.6) is 0 Å². The minimum Gasteiger partial charge on any atom is -0.368 e. The van der Waals surface area contributed by atoms with E-state index in [1.54, 1.807) is 0 Å². The molecule has 2 nitrogen and oxygen atoms in total. The smallest absolute Gasteiger partial charge is 0.0471 e. The van der Waals surface area contributed by atoms with E-state index in [1.165, 1.54) is 24.1 Å². The van der Waals surface area contributed by atoms with Gasteiger partial charge in [0.15, 0.2) is 0 Å². The molecule has 1 heterocycles. The van der Waals surface area contributed by atoms with Gasteiger partial charge in [-0.05, 0) is 37.9 Å². The number of halogens is 1. The minimum atomic E-state index is 0.652. The zero-order chi connectivity index (χ0) is 13.1. The quantitative estimate of drug-likeness (QED) is 0.894. The highest BCUT2D eigenvalue weighted by Crippen LogP contribution is 2.34. The van der Waals surface area contributed by atoms with Crippen LogP contribution in [0.4, 0.5) is 5.69 Å². The van der Waals surface area contributed by atoms with Crippen molar-refractivity contribution in [2.75, 3.05) is 18.5 Å². The lowest BCUT2D eigenvalue weighted by Crippen LogP contribution is -2.34. The van der Waals surface area contributed by atoms with Crippen molar-refractivity contribution in [3.05, 3.63) is 28.8 Å². The lowest BCUT2D eigenvalue weighted by atomic mass is 10.0. The maximum absolute atomic E-state index is 6.35. The lowest BCUT2D eigenvalue weighted by Gasteiger charge is -2.31. The number of benzene rings is 1. The summed E-state index contributed by atoms with van der Waals surface area (Å²) in [7, 11) is 1.97. The Morgan fingerprint density at radius 3 is 2.89 bits per heavy atom. The first-order valence-electron chi connectivity index (χ1n) is 6.83. The normalized spacial score (nSPS) is 19.8. The fourth-order valence-corrected chi connectivity index (χ4v) is 3.19. The molecule has 0 bridgehead atoms. The van der Waals surface area contributed by atoms with Crippen LogP contribution in [0.25, 0.3) is 0 Å². The lowest BCUT2D eigenvalue weighted by molar-refractivity contribution is 0.491. The molecule has 1 aromatic carbocycles. The van der Waals surface area contributed by atoms with Gasteiger partial charge in [0, 0.05) is 35.4 Å². The van der Waals surface area contributed by atoms with E-state index >= 15 is 0 Å². The molecule has 1 aliphatic heterocycles. The van der Waals surface area contributed by atoms with Crippen molar-refractivity contribution in [3.63, 3.8) is 0 Å². The fraction of sp³-hybridized carbons (Fsp3) is 0.600. The van der Waals surface area contributed by atoms with Crippen LogP contribution < -0.4 is 10.2 Å². The third-order valence-electron chi connectivity index (χ3n) is 3.83. The van der Waals surface area contributed by atoms with E-state index in [4.69, 9.17) is 11.6 Å². The van der Waals surface area contributed by atoms with E-state index in [1.807, 2.05) is 13.1 Å². The monoisotopic (exact) mass is 266 g/mol. The van der Waals surface area contributed by atoms with Gasteiger partial charge in [0.05, 0.1) is 0 Å². The van der Waals surface area contributed by atoms with Crippen molar-refractivity contribution in [3.8, 4) is 0 Å². The van der Waals surface area contributed by atoms with Crippen LogP contribution in [-0.4, -0.2) is 19.6 Å². The average Bonchev–Trinajstić information content (AvgIpc) is 2.81. The zero-order valence-electron chi connectivity index (χ0n) is 11.5. The van der Waals surface area contributed by atoms with E-state index < -0.39 is 0 Å². The van der Waals surface area contributed by atoms with E-state index in [9.17, 15) is 0 Å². The van der Waals surface area contributed by atoms with Crippen LogP contribution in [0.15, 0.2) is 18.2 Å². The molecule has 2 rings (SSSR count). The number of hydrogen-bond donors (Lipinski definition) is 1. The molecule has 0 aromatic heterocycles. The van der Waals surface area contributed by atoms with Gasteiger partial charge in [-0.15, -0.1) is 0 Å². The van der Waals surface area contributed by atoms with E-state index in [0.717, 1.165) is 18.1 Å². The Morgan fingerprint density at radius 2 is 2.22 bits per heavy atom. The van der Waals surface area contributed by atoms with Crippen molar-refractivity contribution in [2.24, 2.45) is 5.92 Å². The first-order chi connectivity index (χ1) is 8.65. The Labute approximate surface area is 115 Å². The highest BCUT2D eigenvalue weighted by molar-refractivity contribution is 6.31. The Morgan fingerprint density at radius 1 is 1.44 bits per heavy atom. The Balaban J connectivity index is 2.34. The molecule has 1 saturated heterocycles. The molecule has 0 radical (unpaired) electrons. The van der Waals surface area contributed by atoms with Gasteiger partial charge in [-0.3, -0.25) is 0 Å². The summed E-state index contributed by atoms with van der Waals surface area (Å²) in [5, 5.41) is 4.09. The molecule has 0 amide bonds. The van der Waals surface area contributed by atoms with Gasteiger partial charge in [-0.2, -0.15) is 0 Å². The zero-order valence-corrected chi connectivity index (χ0v) is 12.3. The molecule has 0 spiro atoms. The molecule has 0 aliphatic carbocycles. The van der Waals surface area contributed by atoms with Crippen LogP contribution in [0.3, 0.4) is 0 Å². The third-order valence-corrected chi connectivity index (χ3v) is 4.18. The summed E-state index contributed by atoms with van der Waals surface area (Å²) >= 11 is 6.35. The molecule has 1 atom stereocenters. The van der Waals surface area contributed by atoms with Crippen molar-refractivity contribution >= 4 is 17.3 Å². The molecular formula is C15H23ClN2. The van der Waals surface area contributed by atoms with E-state index in [2.05, 4.69) is 36.2 Å². The third kappa shape index (κ3) is 2.65. The van der Waals surface area contributed by atoms with Gasteiger partial charge < -0.3 is 10.2 Å². The molecule has 1 fully saturated rings. The second-order valence-electron chi connectivity index (χ2n) is 5.41. The summed E-state index contributed by atoms with van der Waals surface area (Å²) in [4.78, 5) is 2.54. The summed E-state index contributed by atoms with van der Waals surface area (Å²) in [6.45, 7) is 6.60. The van der Waals surface area contributed by atoms with Gasteiger partial charge in [0.1, 0.15) is 0 Å². The predicted molar refractivity (Wildman–Crippen MR) is 79.4 cm³/mol. The Kier molecular flexibility index (Phi) is 4.52. The largest absolute Gasteiger partial charge is 0.368 e. The Bertz CT molecular complexity index is 403. The van der Waals surface area contributed by atoms with Gasteiger partial charge >= 0.3 is 0 Å². The van der Waals surface area contributed by atoms with Crippen LogP contribution in [0, 0.1) is 5.92 Å². The molecule has 1 unspecified atom stereocenters. The summed E-state index contributed by atoms with van der Waals surface area (Å²) < 4.78 is 0. The number of nitrogens with zero attached hydrogens (tertiary/aromatic N) is 1. The SMILES string of the molecule is CNCc1c(Cl)cccc1N1CCCC1C(C)C. The van der Waals surface area contributed by atoms with Gasteiger partial charge in [-0.25, -0.2) is 0 Å². The van der Waals surface area contributed by atoms with Crippen molar-refractivity contribution in [2.45, 2.75) is 39.3 Å². The summed E-state index contributed by atoms with van der Waals surface area (Å²) in [6, 6.07) is 6.91. The predicted octanol–water partition coefficient (Wildman–Crippen LogP) is 3.68. The molecule has 18 heavy (non-hydrogen) atoms. The van der Waals surface area contributed by atoms with Gasteiger partial charge in [0.2, 0.25) is 0 Å². The highest BCUT2D eigenvalue weighted by Gasteiger charge is 2.28. The molecule has 100 valence electrons. The standard InChI is InChI=1S/C15H23ClN2/c1-11(2)14-8-5-9-18(14)15-7-4-6-13(16)12(15)10-17-3/h4,6-7,11,14,17H,5,8-10H2,1-3H3. The van der Waals surface area contributed by atoms with Crippen LogP contribution in [-0.2, 0) is 6.54 Å². The maximum Gasteiger partial charge on any atom is 0.0471 e. The second kappa shape index (κ2) is 5.94. The number of nitrogens with one attached hydrogen (secondary N) is 1. The van der Waals surface area contributed by atoms with E-state index in [0.29, 0.717) is 12.0 Å². The number of anilines is 1. The second-order valence-corrected chi connectivity index (χ2v) is 5.82. The van der Waals surface area contributed by atoms with Crippen LogP contribution >= 0.6 is 11.6 Å². The summed E-state index contributed by atoms with van der Waals surface area (Å²) in [5.74, 6) is 0.689. The molecule has 1 N–H and O–H groups in total. The first kappa shape index (κ1) is 13.7. The summed E-state index contributed by atoms with van der Waals surface area (Å²) in [6.07, 6.45) is 2.58. The van der Waals surface area contributed by atoms with E-state index in [-0.39, 0.29) is 0 Å². The number of hydrogen-bond acceptors (Lipinski definition) is 2. The fourth-order valence-electron chi connectivity index (χ4n) is 2.95. The van der Waals surface area contributed by atoms with Gasteiger partial charge in [0.25, 0.3) is 0 Å². The van der Waals surface area contributed by atoms with Crippen LogP contribution in [0.1, 0.15) is 32.3 Å². The molecule has 1 aromatic rings. The topological polar surface area (TPSA) is 15.3 Å². The number of rotatable bonds is 4. The Hall–Kier alpha value is -0.730. The van der Waals surface area contributed by atoms with Crippen molar-refractivity contribution in [1.82, 2.24) is 5.32 Å². The molecule has 0 saturated carbocycles. The summed E-state index contributed by atoms with van der Waals surface area (Å²) in [5.41, 5.74) is 2.54. The first-order valence-corrected chi connectivity index (χ1v) is 7.21. The van der Waals surface area contributed by atoms with Crippen LogP contribution in [0.2, 0.25) is 5.02 Å². The molecule has 3 heteroatoms. The van der Waals surface area contributed by atoms with Gasteiger partial charge in [-0.1, -0.05) is 31.5 Å². The highest BCUT2D eigenvalue weighted by atomic mass is 35.5. The minimum absolute atomic E-state index is 0.652. The molecule has 1 aliphatic rings. The van der Waals surface area contributed by atoms with Crippen molar-refractivity contribution < 1.29 is 0 Å². The van der Waals surface area contributed by atoms with Crippen molar-refractivity contribution in [1.29, 1.82) is 0 Å².